The summed E-state index contributed by atoms with van der Waals surface area (Å²) in [6.45, 7) is 1.59. The van der Waals surface area contributed by atoms with Gasteiger partial charge in [-0.2, -0.15) is 0 Å². The summed E-state index contributed by atoms with van der Waals surface area (Å²) in [5, 5.41) is 121. The molecule has 19 nitrogen and oxygen atoms in total. The molecule has 3 fully saturated rings. The van der Waals surface area contributed by atoms with E-state index in [9.17, 15) is 61.0 Å². The van der Waals surface area contributed by atoms with E-state index in [0.29, 0.717) is 12.8 Å². The maximum absolute atomic E-state index is 13.5. The van der Waals surface area contributed by atoms with Crippen LogP contribution in [0.1, 0.15) is 245 Å². The Kier molecular flexibility index (Phi) is 56.5. The number of aliphatic hydroxyl groups excluding tert-OH is 11. The van der Waals surface area contributed by atoms with Crippen LogP contribution < -0.4 is 5.32 Å². The molecule has 19 heteroatoms. The van der Waals surface area contributed by atoms with Crippen molar-refractivity contribution in [2.24, 2.45) is 0 Å². The first-order chi connectivity index (χ1) is 50.3. The van der Waals surface area contributed by atoms with Gasteiger partial charge < -0.3 is 89.9 Å². The number of hydrogen-bond acceptors (Lipinski definition) is 18. The summed E-state index contributed by atoms with van der Waals surface area (Å²) in [6, 6.07) is -1.01. The van der Waals surface area contributed by atoms with E-state index in [1.54, 1.807) is 6.08 Å². The van der Waals surface area contributed by atoms with E-state index < -0.39 is 124 Å². The van der Waals surface area contributed by atoms with Crippen molar-refractivity contribution in [2.45, 2.75) is 349 Å². The molecule has 3 saturated heterocycles. The van der Waals surface area contributed by atoms with Gasteiger partial charge in [-0.3, -0.25) is 4.79 Å². The molecule has 3 aliphatic rings. The number of hydrogen-bond donors (Lipinski definition) is 12. The number of rotatable bonds is 60. The van der Waals surface area contributed by atoms with Gasteiger partial charge in [0.25, 0.3) is 0 Å². The summed E-state index contributed by atoms with van der Waals surface area (Å²) < 4.78 is 34.4. The lowest BCUT2D eigenvalue weighted by Crippen LogP contribution is -2.66. The molecule has 12 N–H and O–H groups in total. The number of carbonyl (C=O) groups excluding carboxylic acids is 1. The molecule has 3 rings (SSSR count). The SMILES string of the molecule is CC/C=C\C/C=C\C/C=C\C/C=C\C/C=C\C/C=C\C/C=C\C/C=C\C/C=C\C/C=C\CCCCCCCCC(=O)NC(COC1OC(CO)C(OC2OC(CO)C(OC3OC(CO)C(O)C(O)C3O)C(O)C2O)C(O)C1O)C(O)/C=C/CC/C=C/CCCCCCCCCCCCCCCCC. The Morgan fingerprint density at radius 2 is 0.680 bits per heavy atom. The number of amides is 1. The van der Waals surface area contributed by atoms with Crippen LogP contribution in [0.4, 0.5) is 0 Å². The molecule has 0 aromatic carbocycles. The second-order valence-corrected chi connectivity index (χ2v) is 27.4. The van der Waals surface area contributed by atoms with Crippen LogP contribution in [0, 0.1) is 0 Å². The van der Waals surface area contributed by atoms with Crippen molar-refractivity contribution >= 4 is 5.91 Å². The van der Waals surface area contributed by atoms with Gasteiger partial charge in [-0.05, 0) is 109 Å². The van der Waals surface area contributed by atoms with Crippen LogP contribution in [0.2, 0.25) is 0 Å². The highest BCUT2D eigenvalue weighted by molar-refractivity contribution is 5.76. The second kappa shape index (κ2) is 62.7. The maximum atomic E-state index is 13.5. The van der Waals surface area contributed by atoms with Crippen molar-refractivity contribution in [3.63, 3.8) is 0 Å². The summed E-state index contributed by atoms with van der Waals surface area (Å²) in [6.07, 6.45) is 63.9. The van der Waals surface area contributed by atoms with Crippen LogP contribution in [0.3, 0.4) is 0 Å². The average Bonchev–Trinajstić information content (AvgIpc) is 0.781. The molecule has 17 atom stereocenters. The zero-order valence-corrected chi connectivity index (χ0v) is 62.7. The molecule has 0 spiro atoms. The molecule has 17 unspecified atom stereocenters. The van der Waals surface area contributed by atoms with Crippen LogP contribution in [0.5, 0.6) is 0 Å². The van der Waals surface area contributed by atoms with Gasteiger partial charge in [0.05, 0.1) is 38.6 Å². The lowest BCUT2D eigenvalue weighted by molar-refractivity contribution is -0.379. The third kappa shape index (κ3) is 42.7. The fourth-order valence-electron chi connectivity index (χ4n) is 12.3. The maximum Gasteiger partial charge on any atom is 0.220 e. The Balaban J connectivity index is 1.39. The molecule has 0 saturated carbocycles. The number of nitrogens with one attached hydrogen (secondary N) is 1. The predicted octanol–water partition coefficient (Wildman–Crippen LogP) is 13.1. The van der Waals surface area contributed by atoms with E-state index in [1.807, 2.05) is 6.08 Å². The Bertz CT molecular complexity index is 2430. The normalized spacial score (nSPS) is 26.9. The Morgan fingerprint density at radius 1 is 0.359 bits per heavy atom. The molecule has 0 aliphatic carbocycles. The molecule has 588 valence electrons. The van der Waals surface area contributed by atoms with Crippen molar-refractivity contribution in [1.29, 1.82) is 0 Å². The second-order valence-electron chi connectivity index (χ2n) is 27.4. The first-order valence-corrected chi connectivity index (χ1v) is 39.6. The largest absolute Gasteiger partial charge is 0.394 e. The van der Waals surface area contributed by atoms with Crippen molar-refractivity contribution in [1.82, 2.24) is 5.32 Å². The van der Waals surface area contributed by atoms with Gasteiger partial charge in [0, 0.05) is 6.42 Å². The van der Waals surface area contributed by atoms with E-state index in [0.717, 1.165) is 122 Å². The van der Waals surface area contributed by atoms with Crippen LogP contribution in [0.15, 0.2) is 146 Å². The summed E-state index contributed by atoms with van der Waals surface area (Å²) >= 11 is 0. The molecule has 0 aromatic heterocycles. The van der Waals surface area contributed by atoms with Crippen LogP contribution in [-0.4, -0.2) is 193 Å². The standard InChI is InChI=1S/C84H139NO18/c1-3-5-7-9-11-13-15-17-19-21-23-25-26-27-28-29-30-31-32-33-34-35-36-37-38-39-40-42-44-46-48-50-52-54-56-58-60-62-72(90)85-67(68(89)61-59-57-55-53-51-49-47-45-43-41-24-22-20-18-16-14-12-10-8-6-4-2)66-98-82-78(96)75(93)80(70(64-87)100-82)103-84-79(97)76(94)81(71(65-88)101-84)102-83-77(95)74(92)73(91)69(63-86)99-83/h5,7,11,13,17,19,23,25,27-28,30-31,33-34,36-37,39-40,44,46,51,53,59,61,67-71,73-84,86-89,91-97H,3-4,6,8-10,12,14-16,18,20-22,24,26,29,32,35,38,41-43,45,47-50,52,54-58,60,62-66H2,1-2H3,(H,85,90)/b7-5-,13-11-,19-17-,25-23-,28-27-,31-30-,34-33-,37-36-,40-39-,46-44-,53-51+,61-59+. The van der Waals surface area contributed by atoms with Crippen molar-refractivity contribution in [2.75, 3.05) is 26.4 Å². The number of allylic oxidation sites excluding steroid dienone is 23. The monoisotopic (exact) mass is 1450 g/mol. The highest BCUT2D eigenvalue weighted by atomic mass is 16.8. The third-order valence-electron chi connectivity index (χ3n) is 18.6. The average molecular weight is 1450 g/mol. The molecule has 3 aliphatic heterocycles. The van der Waals surface area contributed by atoms with Crippen molar-refractivity contribution < 1.29 is 89.4 Å². The van der Waals surface area contributed by atoms with Gasteiger partial charge in [-0.1, -0.05) is 275 Å². The van der Waals surface area contributed by atoms with E-state index in [-0.39, 0.29) is 18.9 Å². The Hall–Kier alpha value is -4.33. The molecule has 0 radical (unpaired) electrons. The first kappa shape index (κ1) is 92.9. The molecule has 3 heterocycles. The number of aliphatic hydroxyl groups is 11. The smallest absolute Gasteiger partial charge is 0.220 e. The molecule has 0 bridgehead atoms. The van der Waals surface area contributed by atoms with Crippen LogP contribution in [0.25, 0.3) is 0 Å². The zero-order chi connectivity index (χ0) is 74.6. The summed E-state index contributed by atoms with van der Waals surface area (Å²) in [5.74, 6) is -0.305. The van der Waals surface area contributed by atoms with Gasteiger partial charge >= 0.3 is 0 Å². The third-order valence-corrected chi connectivity index (χ3v) is 18.6. The number of unbranched alkanes of at least 4 members (excludes halogenated alkanes) is 22. The Morgan fingerprint density at radius 3 is 1.09 bits per heavy atom. The minimum Gasteiger partial charge on any atom is -0.394 e. The van der Waals surface area contributed by atoms with Crippen LogP contribution in [-0.2, 0) is 33.2 Å². The molecule has 103 heavy (non-hydrogen) atoms. The summed E-state index contributed by atoms with van der Waals surface area (Å²) in [4.78, 5) is 13.5. The van der Waals surface area contributed by atoms with Crippen molar-refractivity contribution in [3.8, 4) is 0 Å². The predicted molar refractivity (Wildman–Crippen MR) is 410 cm³/mol. The highest BCUT2D eigenvalue weighted by Crippen LogP contribution is 2.33. The van der Waals surface area contributed by atoms with Gasteiger partial charge in [0.1, 0.15) is 73.2 Å². The topological polar surface area (TPSA) is 307 Å². The molecule has 0 aromatic rings. The minimum atomic E-state index is -1.99. The lowest BCUT2D eigenvalue weighted by Gasteiger charge is -2.48. The zero-order valence-electron chi connectivity index (χ0n) is 62.7. The number of carbonyl (C=O) groups is 1. The van der Waals surface area contributed by atoms with E-state index in [1.165, 1.54) is 89.9 Å². The minimum absolute atomic E-state index is 0.209. The lowest BCUT2D eigenvalue weighted by atomic mass is 9.96. The van der Waals surface area contributed by atoms with Crippen LogP contribution >= 0.6 is 0 Å². The fraction of sp³-hybridized carbons (Fsp3) is 0.702. The van der Waals surface area contributed by atoms with E-state index >= 15 is 0 Å². The summed E-state index contributed by atoms with van der Waals surface area (Å²) in [7, 11) is 0. The molecular weight excluding hydrogens is 1310 g/mol. The molecular formula is C84H139NO18. The van der Waals surface area contributed by atoms with Gasteiger partial charge in [-0.15, -0.1) is 0 Å². The van der Waals surface area contributed by atoms with E-state index in [4.69, 9.17) is 28.4 Å². The highest BCUT2D eigenvalue weighted by Gasteiger charge is 2.53. The van der Waals surface area contributed by atoms with E-state index in [2.05, 4.69) is 153 Å². The molecule has 1 amide bonds. The number of ether oxygens (including phenoxy) is 6. The van der Waals surface area contributed by atoms with Gasteiger partial charge in [0.2, 0.25) is 5.91 Å². The Labute approximate surface area is 619 Å². The fourth-order valence-corrected chi connectivity index (χ4v) is 12.3. The van der Waals surface area contributed by atoms with Crippen molar-refractivity contribution in [3.05, 3.63) is 146 Å². The van der Waals surface area contributed by atoms with Gasteiger partial charge in [-0.25, -0.2) is 0 Å². The summed E-state index contributed by atoms with van der Waals surface area (Å²) in [5.41, 5.74) is 0. The first-order valence-electron chi connectivity index (χ1n) is 39.6. The van der Waals surface area contributed by atoms with Gasteiger partial charge in [0.15, 0.2) is 18.9 Å². The quantitative estimate of drug-likeness (QED) is 0.0199.